The highest BCUT2D eigenvalue weighted by atomic mass is 16.5. The molecule has 0 unspecified atom stereocenters. The average molecular weight is 527 g/mol. The molecule has 2 aromatic carbocycles. The number of benzene rings is 2. The van der Waals surface area contributed by atoms with E-state index in [2.05, 4.69) is 22.3 Å². The minimum Gasteiger partial charge on any atom is -0.497 e. The number of para-hydroxylation sites is 1. The summed E-state index contributed by atoms with van der Waals surface area (Å²) in [6.07, 6.45) is 3.76. The third-order valence-corrected chi connectivity index (χ3v) is 7.67. The molecule has 1 fully saturated rings. The fraction of sp³-hybridized carbons (Fsp3) is 0.323. The largest absolute Gasteiger partial charge is 0.497 e. The summed E-state index contributed by atoms with van der Waals surface area (Å²) >= 11 is 0. The molecule has 1 atom stereocenters. The quantitative estimate of drug-likeness (QED) is 0.325. The van der Waals surface area contributed by atoms with Gasteiger partial charge in [0.2, 0.25) is 0 Å². The highest BCUT2D eigenvalue weighted by Gasteiger charge is 2.25. The van der Waals surface area contributed by atoms with E-state index in [-0.39, 0.29) is 17.2 Å². The molecule has 39 heavy (non-hydrogen) atoms. The van der Waals surface area contributed by atoms with E-state index in [0.29, 0.717) is 22.8 Å². The molecule has 202 valence electrons. The van der Waals surface area contributed by atoms with Crippen LogP contribution in [-0.2, 0) is 0 Å². The number of anilines is 2. The molecule has 0 radical (unpaired) electrons. The molecule has 0 amide bonds. The van der Waals surface area contributed by atoms with Crippen molar-refractivity contribution in [2.24, 2.45) is 0 Å². The standard InChI is InChI=1S/C31H34N4O4/c1-19-17-26(21(3)32-27-8-6-5-7-25(27)31(37)38)29-33-28(20(2)30(36)35(29)18-19)34-15-13-23(14-16-34)22-9-11-24(39-4)12-10-22/h5-12,17-18,21,23,32H,13-16H2,1-4H3,(H,37,38)/t21-/m1/s1. The number of carboxylic acid groups (broad SMARTS) is 1. The molecule has 0 bridgehead atoms. The zero-order valence-electron chi connectivity index (χ0n) is 22.8. The van der Waals surface area contributed by atoms with Gasteiger partial charge >= 0.3 is 5.97 Å². The van der Waals surface area contributed by atoms with E-state index < -0.39 is 5.97 Å². The normalized spacial score (nSPS) is 14.8. The molecule has 0 saturated carbocycles. The van der Waals surface area contributed by atoms with Crippen LogP contribution in [0.2, 0.25) is 0 Å². The van der Waals surface area contributed by atoms with Gasteiger partial charge in [0, 0.05) is 30.5 Å². The lowest BCUT2D eigenvalue weighted by molar-refractivity contribution is 0.0698. The van der Waals surface area contributed by atoms with Gasteiger partial charge in [0.25, 0.3) is 5.56 Å². The number of nitrogens with zero attached hydrogens (tertiary/aromatic N) is 3. The van der Waals surface area contributed by atoms with Crippen molar-refractivity contribution >= 4 is 23.1 Å². The van der Waals surface area contributed by atoms with Crippen LogP contribution in [0.3, 0.4) is 0 Å². The lowest BCUT2D eigenvalue weighted by atomic mass is 9.89. The number of nitrogens with one attached hydrogen (secondary N) is 1. The number of carboxylic acids is 1. The second-order valence-electron chi connectivity index (χ2n) is 10.3. The van der Waals surface area contributed by atoms with Crippen molar-refractivity contribution in [3.8, 4) is 5.75 Å². The smallest absolute Gasteiger partial charge is 0.337 e. The van der Waals surface area contributed by atoms with Crippen molar-refractivity contribution in [2.45, 2.75) is 45.6 Å². The number of carbonyl (C=O) groups is 1. The molecule has 1 saturated heterocycles. The first kappa shape index (κ1) is 26.3. The van der Waals surface area contributed by atoms with Gasteiger partial charge in [0.15, 0.2) is 0 Å². The summed E-state index contributed by atoms with van der Waals surface area (Å²) < 4.78 is 6.92. The van der Waals surface area contributed by atoms with Crippen LogP contribution in [0.1, 0.15) is 64.3 Å². The van der Waals surface area contributed by atoms with Crippen molar-refractivity contribution in [1.29, 1.82) is 0 Å². The highest BCUT2D eigenvalue weighted by Crippen LogP contribution is 2.32. The molecule has 1 aliphatic rings. The predicted molar refractivity (Wildman–Crippen MR) is 154 cm³/mol. The van der Waals surface area contributed by atoms with Gasteiger partial charge in [-0.15, -0.1) is 0 Å². The minimum atomic E-state index is -0.996. The monoisotopic (exact) mass is 526 g/mol. The first-order chi connectivity index (χ1) is 18.8. The van der Waals surface area contributed by atoms with Gasteiger partial charge in [-0.2, -0.15) is 0 Å². The molecule has 0 spiro atoms. The van der Waals surface area contributed by atoms with E-state index in [1.165, 1.54) is 5.56 Å². The predicted octanol–water partition coefficient (Wildman–Crippen LogP) is 5.58. The molecule has 3 heterocycles. The fourth-order valence-corrected chi connectivity index (χ4v) is 5.52. The molecule has 2 N–H and O–H groups in total. The number of rotatable bonds is 7. The molecule has 4 aromatic rings. The van der Waals surface area contributed by atoms with Crippen LogP contribution in [0.5, 0.6) is 5.75 Å². The molecule has 1 aliphatic heterocycles. The van der Waals surface area contributed by atoms with Crippen LogP contribution in [-0.4, -0.2) is 40.7 Å². The average Bonchev–Trinajstić information content (AvgIpc) is 2.95. The van der Waals surface area contributed by atoms with Gasteiger partial charge in [-0.25, -0.2) is 9.78 Å². The van der Waals surface area contributed by atoms with Gasteiger partial charge in [-0.3, -0.25) is 9.20 Å². The Labute approximate surface area is 227 Å². The Balaban J connectivity index is 1.46. The summed E-state index contributed by atoms with van der Waals surface area (Å²) in [5, 5.41) is 13.0. The first-order valence-electron chi connectivity index (χ1n) is 13.3. The summed E-state index contributed by atoms with van der Waals surface area (Å²) in [6, 6.07) is 16.8. The maximum Gasteiger partial charge on any atom is 0.337 e. The van der Waals surface area contributed by atoms with Gasteiger partial charge in [-0.05, 0) is 81.0 Å². The van der Waals surface area contributed by atoms with Crippen LogP contribution in [0.25, 0.3) is 5.65 Å². The Morgan fingerprint density at radius 2 is 1.79 bits per heavy atom. The fourth-order valence-electron chi connectivity index (χ4n) is 5.52. The van der Waals surface area contributed by atoms with Gasteiger partial charge < -0.3 is 20.1 Å². The lowest BCUT2D eigenvalue weighted by Crippen LogP contribution is -2.36. The number of methoxy groups -OCH3 is 1. The van der Waals surface area contributed by atoms with Crippen LogP contribution in [0.4, 0.5) is 11.5 Å². The summed E-state index contributed by atoms with van der Waals surface area (Å²) in [4.78, 5) is 32.6. The Morgan fingerprint density at radius 3 is 2.46 bits per heavy atom. The van der Waals surface area contributed by atoms with E-state index in [9.17, 15) is 14.7 Å². The zero-order valence-corrected chi connectivity index (χ0v) is 22.8. The van der Waals surface area contributed by atoms with Crippen molar-refractivity contribution in [2.75, 3.05) is 30.4 Å². The number of piperidine rings is 1. The molecule has 5 rings (SSSR count). The van der Waals surface area contributed by atoms with Crippen molar-refractivity contribution in [1.82, 2.24) is 9.38 Å². The van der Waals surface area contributed by atoms with Crippen LogP contribution in [0, 0.1) is 13.8 Å². The number of fused-ring (bicyclic) bond motifs is 1. The SMILES string of the molecule is COc1ccc(C2CCN(c3nc4c([C@@H](C)Nc5ccccc5C(=O)O)cc(C)cn4c(=O)c3C)CC2)cc1. The van der Waals surface area contributed by atoms with E-state index in [0.717, 1.165) is 48.6 Å². The zero-order chi connectivity index (χ0) is 27.7. The Hall–Kier alpha value is -4.33. The third-order valence-electron chi connectivity index (χ3n) is 7.67. The number of aromatic nitrogens is 2. The van der Waals surface area contributed by atoms with E-state index >= 15 is 0 Å². The number of pyridine rings is 1. The van der Waals surface area contributed by atoms with Gasteiger partial charge in [0.05, 0.1) is 24.3 Å². The van der Waals surface area contributed by atoms with Crippen LogP contribution < -0.4 is 20.5 Å². The first-order valence-corrected chi connectivity index (χ1v) is 13.3. The van der Waals surface area contributed by atoms with Gasteiger partial charge in [0.1, 0.15) is 17.2 Å². The number of hydrogen-bond donors (Lipinski definition) is 2. The van der Waals surface area contributed by atoms with Crippen molar-refractivity contribution < 1.29 is 14.6 Å². The van der Waals surface area contributed by atoms with Crippen molar-refractivity contribution in [3.05, 3.63) is 99.0 Å². The van der Waals surface area contributed by atoms with E-state index in [1.54, 1.807) is 35.8 Å². The Morgan fingerprint density at radius 1 is 1.10 bits per heavy atom. The number of aryl methyl sites for hydroxylation is 1. The lowest BCUT2D eigenvalue weighted by Gasteiger charge is -2.34. The van der Waals surface area contributed by atoms with Gasteiger partial charge in [-0.1, -0.05) is 24.3 Å². The second-order valence-corrected chi connectivity index (χ2v) is 10.3. The maximum atomic E-state index is 13.6. The Bertz CT molecular complexity index is 1570. The summed E-state index contributed by atoms with van der Waals surface area (Å²) in [5.41, 5.74) is 4.90. The summed E-state index contributed by atoms with van der Waals surface area (Å²) in [6.45, 7) is 7.36. The van der Waals surface area contributed by atoms with Crippen LogP contribution in [0.15, 0.2) is 65.6 Å². The molecule has 0 aliphatic carbocycles. The number of aromatic carboxylic acids is 1. The summed E-state index contributed by atoms with van der Waals surface area (Å²) in [7, 11) is 1.67. The molecular weight excluding hydrogens is 492 g/mol. The maximum absolute atomic E-state index is 13.6. The number of hydrogen-bond acceptors (Lipinski definition) is 6. The molecule has 8 heteroatoms. The third kappa shape index (κ3) is 5.19. The highest BCUT2D eigenvalue weighted by molar-refractivity contribution is 5.94. The van der Waals surface area contributed by atoms with E-state index in [1.807, 2.05) is 45.2 Å². The van der Waals surface area contributed by atoms with E-state index in [4.69, 9.17) is 9.72 Å². The number of ether oxygens (including phenoxy) is 1. The Kier molecular flexibility index (Phi) is 7.28. The van der Waals surface area contributed by atoms with Crippen LogP contribution >= 0.6 is 0 Å². The molecule has 2 aromatic heterocycles. The van der Waals surface area contributed by atoms with Crippen molar-refractivity contribution in [3.63, 3.8) is 0 Å². The molecular formula is C31H34N4O4. The topological polar surface area (TPSA) is 96.2 Å². The second kappa shape index (κ2) is 10.8. The summed E-state index contributed by atoms with van der Waals surface area (Å²) in [5.74, 6) is 1.03. The minimum absolute atomic E-state index is 0.0876. The molecule has 8 nitrogen and oxygen atoms in total.